The maximum atomic E-state index is 12.4. The Balaban J connectivity index is 2.24. The second-order valence-corrected chi connectivity index (χ2v) is 6.17. The molecular formula is C13H16N4O3S. The fourth-order valence-corrected chi connectivity index (χ4v) is 2.17. The van der Waals surface area contributed by atoms with Crippen LogP contribution in [0, 0.1) is 6.92 Å². The van der Waals surface area contributed by atoms with Gasteiger partial charge in [-0.2, -0.15) is 0 Å². The van der Waals surface area contributed by atoms with Gasteiger partial charge < -0.3 is 4.42 Å². The van der Waals surface area contributed by atoms with Crippen LogP contribution in [0.4, 0.5) is 0 Å². The van der Waals surface area contributed by atoms with E-state index in [9.17, 15) is 9.59 Å². The molecule has 21 heavy (non-hydrogen) atoms. The van der Waals surface area contributed by atoms with Crippen LogP contribution in [0.15, 0.2) is 22.8 Å². The molecule has 0 aliphatic rings. The monoisotopic (exact) mass is 308 g/mol. The SMILES string of the molecule is Cc1nnsc1C(=O)NN(C(=O)c1ccco1)C(C)(C)C. The number of aromatic nitrogens is 2. The number of hydrazine groups is 1. The summed E-state index contributed by atoms with van der Waals surface area (Å²) in [4.78, 5) is 25.1. The normalized spacial score (nSPS) is 11.2. The Morgan fingerprint density at radius 3 is 2.57 bits per heavy atom. The van der Waals surface area contributed by atoms with Gasteiger partial charge in [-0.1, -0.05) is 4.49 Å². The molecule has 0 radical (unpaired) electrons. The highest BCUT2D eigenvalue weighted by Gasteiger charge is 2.31. The number of hydrogen-bond acceptors (Lipinski definition) is 6. The summed E-state index contributed by atoms with van der Waals surface area (Å²) in [6, 6.07) is 3.17. The van der Waals surface area contributed by atoms with E-state index in [0.717, 1.165) is 11.5 Å². The molecule has 0 saturated carbocycles. The number of carbonyl (C=O) groups excluding carboxylic acids is 2. The lowest BCUT2D eigenvalue weighted by molar-refractivity contribution is 0.0334. The molecule has 0 aromatic carbocycles. The topological polar surface area (TPSA) is 88.3 Å². The van der Waals surface area contributed by atoms with Crippen LogP contribution in [0.5, 0.6) is 0 Å². The Hall–Kier alpha value is -2.22. The molecule has 0 saturated heterocycles. The molecule has 0 unspecified atom stereocenters. The highest BCUT2D eigenvalue weighted by Crippen LogP contribution is 2.17. The van der Waals surface area contributed by atoms with Crippen LogP contribution in [0.3, 0.4) is 0 Å². The zero-order chi connectivity index (χ0) is 15.6. The Bertz CT molecular complexity index is 643. The summed E-state index contributed by atoms with van der Waals surface area (Å²) in [5, 5.41) is 5.03. The van der Waals surface area contributed by atoms with Crippen LogP contribution < -0.4 is 5.43 Å². The molecule has 0 aliphatic heterocycles. The van der Waals surface area contributed by atoms with Crippen LogP contribution in [-0.2, 0) is 0 Å². The molecule has 2 heterocycles. The van der Waals surface area contributed by atoms with Crippen LogP contribution in [0.25, 0.3) is 0 Å². The molecule has 0 atom stereocenters. The van der Waals surface area contributed by atoms with E-state index in [1.165, 1.54) is 11.3 Å². The third-order valence-corrected chi connectivity index (χ3v) is 3.50. The quantitative estimate of drug-likeness (QED) is 0.857. The summed E-state index contributed by atoms with van der Waals surface area (Å²) >= 11 is 0.985. The summed E-state index contributed by atoms with van der Waals surface area (Å²) in [7, 11) is 0. The molecule has 112 valence electrons. The van der Waals surface area contributed by atoms with Crippen molar-refractivity contribution in [3.63, 3.8) is 0 Å². The zero-order valence-electron chi connectivity index (χ0n) is 12.2. The fourth-order valence-electron chi connectivity index (χ4n) is 1.63. The number of amides is 2. The van der Waals surface area contributed by atoms with E-state index in [2.05, 4.69) is 15.0 Å². The van der Waals surface area contributed by atoms with Gasteiger partial charge in [0.15, 0.2) is 5.76 Å². The first-order chi connectivity index (χ1) is 9.80. The first-order valence-electron chi connectivity index (χ1n) is 6.28. The number of aryl methyl sites for hydroxylation is 1. The fraction of sp³-hybridized carbons (Fsp3) is 0.385. The molecular weight excluding hydrogens is 292 g/mol. The van der Waals surface area contributed by atoms with Crippen molar-refractivity contribution in [1.29, 1.82) is 0 Å². The molecule has 0 spiro atoms. The van der Waals surface area contributed by atoms with E-state index >= 15 is 0 Å². The van der Waals surface area contributed by atoms with Gasteiger partial charge in [0.2, 0.25) is 0 Å². The number of rotatable bonds is 2. The average molecular weight is 308 g/mol. The maximum absolute atomic E-state index is 12.4. The highest BCUT2D eigenvalue weighted by molar-refractivity contribution is 7.07. The molecule has 2 aromatic heterocycles. The van der Waals surface area contributed by atoms with E-state index in [1.54, 1.807) is 19.1 Å². The minimum Gasteiger partial charge on any atom is -0.459 e. The lowest BCUT2D eigenvalue weighted by Gasteiger charge is -2.34. The van der Waals surface area contributed by atoms with E-state index in [0.29, 0.717) is 10.6 Å². The van der Waals surface area contributed by atoms with E-state index in [1.807, 2.05) is 20.8 Å². The molecule has 7 nitrogen and oxygen atoms in total. The van der Waals surface area contributed by atoms with Gasteiger partial charge in [0, 0.05) is 0 Å². The third-order valence-electron chi connectivity index (χ3n) is 2.68. The van der Waals surface area contributed by atoms with E-state index in [4.69, 9.17) is 4.42 Å². The number of nitrogens with zero attached hydrogens (tertiary/aromatic N) is 3. The number of carbonyl (C=O) groups is 2. The molecule has 1 N–H and O–H groups in total. The first kappa shape index (κ1) is 15.2. The van der Waals surface area contributed by atoms with Gasteiger partial charge in [-0.3, -0.25) is 15.0 Å². The summed E-state index contributed by atoms with van der Waals surface area (Å²) in [6.07, 6.45) is 1.41. The van der Waals surface area contributed by atoms with Gasteiger partial charge in [0.25, 0.3) is 5.91 Å². The summed E-state index contributed by atoms with van der Waals surface area (Å²) in [5.74, 6) is -0.683. The molecule has 2 aromatic rings. The van der Waals surface area contributed by atoms with Crippen LogP contribution in [0.1, 0.15) is 46.7 Å². The molecule has 0 aliphatic carbocycles. The van der Waals surface area contributed by atoms with Crippen molar-refractivity contribution >= 4 is 23.3 Å². The van der Waals surface area contributed by atoms with E-state index < -0.39 is 17.4 Å². The minimum absolute atomic E-state index is 0.157. The largest absolute Gasteiger partial charge is 0.459 e. The van der Waals surface area contributed by atoms with Crippen LogP contribution in [0.2, 0.25) is 0 Å². The number of hydrogen-bond donors (Lipinski definition) is 1. The zero-order valence-corrected chi connectivity index (χ0v) is 13.0. The standard InChI is InChI=1S/C13H16N4O3S/c1-8-10(21-16-14-8)11(18)15-17(13(2,3)4)12(19)9-6-5-7-20-9/h5-7H,1-4H3,(H,15,18). The predicted octanol–water partition coefficient (Wildman–Crippen LogP) is 2.03. The molecule has 2 rings (SSSR count). The molecule has 0 bridgehead atoms. The average Bonchev–Trinajstić information content (AvgIpc) is 3.04. The van der Waals surface area contributed by atoms with E-state index in [-0.39, 0.29) is 5.76 Å². The van der Waals surface area contributed by atoms with Crippen molar-refractivity contribution in [1.82, 2.24) is 20.0 Å². The number of nitrogens with one attached hydrogen (secondary N) is 1. The lowest BCUT2D eigenvalue weighted by atomic mass is 10.1. The maximum Gasteiger partial charge on any atom is 0.308 e. The lowest BCUT2D eigenvalue weighted by Crippen LogP contribution is -2.55. The van der Waals surface area contributed by atoms with Gasteiger partial charge in [-0.25, -0.2) is 5.01 Å². The second-order valence-electron chi connectivity index (χ2n) is 5.42. The van der Waals surface area contributed by atoms with Gasteiger partial charge in [0.1, 0.15) is 4.88 Å². The third kappa shape index (κ3) is 3.27. The smallest absolute Gasteiger partial charge is 0.308 e. The van der Waals surface area contributed by atoms with Crippen molar-refractivity contribution in [2.75, 3.05) is 0 Å². The summed E-state index contributed by atoms with van der Waals surface area (Å²) < 4.78 is 8.82. The van der Waals surface area contributed by atoms with Gasteiger partial charge >= 0.3 is 5.91 Å². The highest BCUT2D eigenvalue weighted by atomic mass is 32.1. The van der Waals surface area contributed by atoms with Crippen LogP contribution in [-0.4, -0.2) is 31.9 Å². The molecule has 0 fully saturated rings. The first-order valence-corrected chi connectivity index (χ1v) is 7.06. The van der Waals surface area contributed by atoms with Crippen molar-refractivity contribution < 1.29 is 14.0 Å². The Morgan fingerprint density at radius 1 is 1.38 bits per heavy atom. The second kappa shape index (κ2) is 5.65. The summed E-state index contributed by atoms with van der Waals surface area (Å²) in [5.41, 5.74) is 2.51. The van der Waals surface area contributed by atoms with Gasteiger partial charge in [-0.15, -0.1) is 5.10 Å². The van der Waals surface area contributed by atoms with Gasteiger partial charge in [-0.05, 0) is 51.4 Å². The van der Waals surface area contributed by atoms with Gasteiger partial charge in [0.05, 0.1) is 17.5 Å². The van der Waals surface area contributed by atoms with Crippen molar-refractivity contribution in [2.45, 2.75) is 33.2 Å². The Kier molecular flexibility index (Phi) is 4.08. The Labute approximate surface area is 126 Å². The van der Waals surface area contributed by atoms with Crippen LogP contribution >= 0.6 is 11.5 Å². The predicted molar refractivity (Wildman–Crippen MR) is 76.7 cm³/mol. The molecule has 2 amide bonds. The van der Waals surface area contributed by atoms with Crippen molar-refractivity contribution in [3.05, 3.63) is 34.7 Å². The number of furan rings is 1. The van der Waals surface area contributed by atoms with Crippen molar-refractivity contribution in [2.24, 2.45) is 0 Å². The minimum atomic E-state index is -0.619. The Morgan fingerprint density at radius 2 is 2.10 bits per heavy atom. The molecule has 8 heteroatoms. The van der Waals surface area contributed by atoms with Crippen molar-refractivity contribution in [3.8, 4) is 0 Å². The summed E-state index contributed by atoms with van der Waals surface area (Å²) in [6.45, 7) is 7.12.